The molecule has 0 aromatic carbocycles. The van der Waals surface area contributed by atoms with Crippen molar-refractivity contribution in [3.05, 3.63) is 0 Å². The molecule has 1 saturated carbocycles. The molecule has 3 heteroatoms. The quantitative estimate of drug-likeness (QED) is 0.739. The molecule has 0 aromatic heterocycles. The Morgan fingerprint density at radius 3 is 2.35 bits per heavy atom. The van der Waals surface area contributed by atoms with Crippen LogP contribution >= 0.6 is 0 Å². The number of hydrogen-bond donors (Lipinski definition) is 1. The van der Waals surface area contributed by atoms with E-state index in [4.69, 9.17) is 0 Å². The van der Waals surface area contributed by atoms with Gasteiger partial charge in [-0.05, 0) is 65.2 Å². The van der Waals surface area contributed by atoms with Crippen molar-refractivity contribution in [2.24, 2.45) is 11.8 Å². The van der Waals surface area contributed by atoms with Crippen LogP contribution in [-0.2, 0) is 0 Å². The molecule has 0 saturated heterocycles. The standard InChI is InChI=1S/C17H37N3/c1-7-10-18-16-9-8-15(14(2)3)13-17(16)20(6)12-11-19(4)5/h14-18H,7-13H2,1-6H3. The summed E-state index contributed by atoms with van der Waals surface area (Å²) in [6.45, 7) is 10.5. The second kappa shape index (κ2) is 9.01. The van der Waals surface area contributed by atoms with Gasteiger partial charge in [0.1, 0.15) is 0 Å². The van der Waals surface area contributed by atoms with Crippen molar-refractivity contribution in [3.8, 4) is 0 Å². The van der Waals surface area contributed by atoms with Crippen LogP contribution in [0, 0.1) is 11.8 Å². The lowest BCUT2D eigenvalue weighted by Gasteiger charge is -2.43. The van der Waals surface area contributed by atoms with Gasteiger partial charge in [-0.1, -0.05) is 20.8 Å². The average molecular weight is 284 g/mol. The Bertz CT molecular complexity index is 253. The highest BCUT2D eigenvalue weighted by Crippen LogP contribution is 2.32. The Kier molecular flexibility index (Phi) is 8.08. The van der Waals surface area contributed by atoms with Gasteiger partial charge < -0.3 is 15.1 Å². The zero-order valence-electron chi connectivity index (χ0n) is 14.7. The van der Waals surface area contributed by atoms with Gasteiger partial charge in [0, 0.05) is 25.2 Å². The molecule has 0 aliphatic heterocycles. The van der Waals surface area contributed by atoms with Crippen molar-refractivity contribution in [2.45, 2.75) is 58.5 Å². The molecule has 0 amide bonds. The van der Waals surface area contributed by atoms with Crippen LogP contribution in [0.2, 0.25) is 0 Å². The van der Waals surface area contributed by atoms with E-state index in [1.165, 1.54) is 32.2 Å². The Balaban J connectivity index is 2.60. The number of rotatable bonds is 8. The van der Waals surface area contributed by atoms with E-state index in [9.17, 15) is 0 Å². The van der Waals surface area contributed by atoms with Gasteiger partial charge in [-0.25, -0.2) is 0 Å². The molecule has 3 unspecified atom stereocenters. The summed E-state index contributed by atoms with van der Waals surface area (Å²) in [5.74, 6) is 1.73. The summed E-state index contributed by atoms with van der Waals surface area (Å²) in [5, 5.41) is 3.79. The molecule has 20 heavy (non-hydrogen) atoms. The maximum atomic E-state index is 3.79. The summed E-state index contributed by atoms with van der Waals surface area (Å²) in [7, 11) is 6.65. The molecule has 120 valence electrons. The zero-order valence-corrected chi connectivity index (χ0v) is 14.7. The van der Waals surface area contributed by atoms with Crippen molar-refractivity contribution in [3.63, 3.8) is 0 Å². The first-order valence-corrected chi connectivity index (χ1v) is 8.54. The fourth-order valence-corrected chi connectivity index (χ4v) is 3.36. The van der Waals surface area contributed by atoms with Crippen molar-refractivity contribution >= 4 is 0 Å². The maximum absolute atomic E-state index is 3.79. The van der Waals surface area contributed by atoms with Crippen molar-refractivity contribution in [2.75, 3.05) is 40.8 Å². The highest BCUT2D eigenvalue weighted by Gasteiger charge is 2.33. The summed E-state index contributed by atoms with van der Waals surface area (Å²) in [6.07, 6.45) is 5.35. The van der Waals surface area contributed by atoms with Crippen LogP contribution in [0.15, 0.2) is 0 Å². The molecule has 1 rings (SSSR count). The zero-order chi connectivity index (χ0) is 15.1. The lowest BCUT2D eigenvalue weighted by atomic mass is 9.76. The molecular weight excluding hydrogens is 246 g/mol. The van der Waals surface area contributed by atoms with E-state index in [2.05, 4.69) is 57.0 Å². The largest absolute Gasteiger partial charge is 0.312 e. The highest BCUT2D eigenvalue weighted by molar-refractivity contribution is 4.91. The summed E-state index contributed by atoms with van der Waals surface area (Å²) >= 11 is 0. The van der Waals surface area contributed by atoms with Crippen LogP contribution in [0.25, 0.3) is 0 Å². The predicted octanol–water partition coefficient (Wildman–Crippen LogP) is 2.67. The lowest BCUT2D eigenvalue weighted by Crippen LogP contribution is -2.53. The third kappa shape index (κ3) is 5.71. The van der Waals surface area contributed by atoms with Gasteiger partial charge in [0.05, 0.1) is 0 Å². The fourth-order valence-electron chi connectivity index (χ4n) is 3.36. The van der Waals surface area contributed by atoms with Gasteiger partial charge in [-0.15, -0.1) is 0 Å². The average Bonchev–Trinajstić information content (AvgIpc) is 2.42. The van der Waals surface area contributed by atoms with E-state index < -0.39 is 0 Å². The monoisotopic (exact) mass is 283 g/mol. The second-order valence-corrected chi connectivity index (χ2v) is 7.23. The molecular formula is C17H37N3. The summed E-state index contributed by atoms with van der Waals surface area (Å²) < 4.78 is 0. The molecule has 3 atom stereocenters. The molecule has 0 aromatic rings. The molecule has 1 aliphatic rings. The van der Waals surface area contributed by atoms with Gasteiger partial charge in [-0.3, -0.25) is 0 Å². The van der Waals surface area contributed by atoms with E-state index in [1.807, 2.05) is 0 Å². The molecule has 1 N–H and O–H groups in total. The van der Waals surface area contributed by atoms with Crippen LogP contribution in [0.3, 0.4) is 0 Å². The van der Waals surface area contributed by atoms with E-state index in [-0.39, 0.29) is 0 Å². The van der Waals surface area contributed by atoms with E-state index in [0.29, 0.717) is 12.1 Å². The third-order valence-electron chi connectivity index (χ3n) is 4.92. The van der Waals surface area contributed by atoms with Crippen LogP contribution in [-0.4, -0.2) is 62.7 Å². The van der Waals surface area contributed by atoms with Crippen molar-refractivity contribution in [1.29, 1.82) is 0 Å². The minimum Gasteiger partial charge on any atom is -0.312 e. The first kappa shape index (κ1) is 17.9. The number of nitrogens with zero attached hydrogens (tertiary/aromatic N) is 2. The van der Waals surface area contributed by atoms with Crippen LogP contribution < -0.4 is 5.32 Å². The number of nitrogens with one attached hydrogen (secondary N) is 1. The van der Waals surface area contributed by atoms with E-state index >= 15 is 0 Å². The number of hydrogen-bond acceptors (Lipinski definition) is 3. The topological polar surface area (TPSA) is 18.5 Å². The smallest absolute Gasteiger partial charge is 0.0249 e. The summed E-state index contributed by atoms with van der Waals surface area (Å²) in [4.78, 5) is 4.88. The molecule has 3 nitrogen and oxygen atoms in total. The highest BCUT2D eigenvalue weighted by atomic mass is 15.2. The Hall–Kier alpha value is -0.120. The second-order valence-electron chi connectivity index (χ2n) is 7.23. The molecule has 1 aliphatic carbocycles. The predicted molar refractivity (Wildman–Crippen MR) is 89.2 cm³/mol. The van der Waals surface area contributed by atoms with Crippen LogP contribution in [0.4, 0.5) is 0 Å². The van der Waals surface area contributed by atoms with Gasteiger partial charge in [0.15, 0.2) is 0 Å². The summed E-state index contributed by atoms with van der Waals surface area (Å²) in [5.41, 5.74) is 0. The molecule has 0 heterocycles. The third-order valence-corrected chi connectivity index (χ3v) is 4.92. The number of likely N-dealkylation sites (N-methyl/N-ethyl adjacent to an activating group) is 2. The van der Waals surface area contributed by atoms with Crippen LogP contribution in [0.1, 0.15) is 46.5 Å². The van der Waals surface area contributed by atoms with Gasteiger partial charge in [0.2, 0.25) is 0 Å². The first-order valence-electron chi connectivity index (χ1n) is 8.54. The minimum absolute atomic E-state index is 0.692. The summed E-state index contributed by atoms with van der Waals surface area (Å²) in [6, 6.07) is 1.40. The normalized spacial score (nSPS) is 27.8. The molecule has 0 spiro atoms. The van der Waals surface area contributed by atoms with E-state index in [0.717, 1.165) is 24.9 Å². The Morgan fingerprint density at radius 1 is 1.10 bits per heavy atom. The van der Waals surface area contributed by atoms with Crippen LogP contribution in [0.5, 0.6) is 0 Å². The Labute approximate surface area is 127 Å². The molecule has 0 radical (unpaired) electrons. The fraction of sp³-hybridized carbons (Fsp3) is 1.00. The van der Waals surface area contributed by atoms with Gasteiger partial charge in [-0.2, -0.15) is 0 Å². The van der Waals surface area contributed by atoms with Crippen molar-refractivity contribution < 1.29 is 0 Å². The lowest BCUT2D eigenvalue weighted by molar-refractivity contribution is 0.0972. The van der Waals surface area contributed by atoms with Crippen molar-refractivity contribution in [1.82, 2.24) is 15.1 Å². The SMILES string of the molecule is CCCNC1CCC(C(C)C)CC1N(C)CCN(C)C. The van der Waals surface area contributed by atoms with E-state index in [1.54, 1.807) is 0 Å². The molecule has 1 fully saturated rings. The minimum atomic E-state index is 0.692. The first-order chi connectivity index (χ1) is 9.45. The Morgan fingerprint density at radius 2 is 1.80 bits per heavy atom. The molecule has 0 bridgehead atoms. The van der Waals surface area contributed by atoms with Gasteiger partial charge in [0.25, 0.3) is 0 Å². The maximum Gasteiger partial charge on any atom is 0.0249 e. The van der Waals surface area contributed by atoms with Gasteiger partial charge >= 0.3 is 0 Å².